The first-order chi connectivity index (χ1) is 11.5. The SMILES string of the molecule is CCCC(=O)O.C[C@H](N=[P+]([O-])Oc1ccc(C(C)(C)C)cc1)C(=O)O. The fourth-order valence-corrected chi connectivity index (χ4v) is 2.27. The summed E-state index contributed by atoms with van der Waals surface area (Å²) in [7, 11) is -2.37. The first-order valence-corrected chi connectivity index (χ1v) is 9.01. The minimum Gasteiger partial charge on any atom is -0.575 e. The van der Waals surface area contributed by atoms with Gasteiger partial charge in [-0.25, -0.2) is 4.79 Å². The van der Waals surface area contributed by atoms with Crippen LogP contribution in [0, 0.1) is 0 Å². The zero-order valence-electron chi connectivity index (χ0n) is 15.2. The van der Waals surface area contributed by atoms with Gasteiger partial charge in [0.25, 0.3) is 0 Å². The van der Waals surface area contributed by atoms with Crippen LogP contribution >= 0.6 is 8.17 Å². The monoisotopic (exact) mass is 371 g/mol. The van der Waals surface area contributed by atoms with E-state index in [4.69, 9.17) is 14.7 Å². The highest BCUT2D eigenvalue weighted by Crippen LogP contribution is 2.28. The molecule has 0 aliphatic carbocycles. The van der Waals surface area contributed by atoms with Crippen molar-refractivity contribution in [2.24, 2.45) is 4.74 Å². The van der Waals surface area contributed by atoms with Crippen LogP contribution in [-0.2, 0) is 15.0 Å². The summed E-state index contributed by atoms with van der Waals surface area (Å²) >= 11 is 0. The Hall–Kier alpha value is -1.98. The predicted molar refractivity (Wildman–Crippen MR) is 94.8 cm³/mol. The number of carboxylic acid groups (broad SMARTS) is 2. The number of hydrogen-bond donors (Lipinski definition) is 2. The minimum atomic E-state index is -2.37. The van der Waals surface area contributed by atoms with Crippen LogP contribution in [0.2, 0.25) is 0 Å². The number of benzene rings is 1. The van der Waals surface area contributed by atoms with Gasteiger partial charge in [0.2, 0.25) is 0 Å². The lowest BCUT2D eigenvalue weighted by Crippen LogP contribution is -2.13. The van der Waals surface area contributed by atoms with Crippen molar-refractivity contribution in [3.05, 3.63) is 29.8 Å². The van der Waals surface area contributed by atoms with Crippen molar-refractivity contribution >= 4 is 20.1 Å². The molecule has 25 heavy (non-hydrogen) atoms. The molecule has 2 atom stereocenters. The summed E-state index contributed by atoms with van der Waals surface area (Å²) < 4.78 is 8.61. The molecule has 1 unspecified atom stereocenters. The normalized spacial score (nSPS) is 12.6. The quantitative estimate of drug-likeness (QED) is 0.738. The molecule has 1 aromatic rings. The van der Waals surface area contributed by atoms with Crippen LogP contribution in [0.5, 0.6) is 5.75 Å². The number of aliphatic carboxylic acids is 2. The Labute approximate surface area is 149 Å². The molecule has 2 N–H and O–H groups in total. The number of nitrogens with zero attached hydrogens (tertiary/aromatic N) is 1. The highest BCUT2D eigenvalue weighted by molar-refractivity contribution is 7.34. The predicted octanol–water partition coefficient (Wildman–Crippen LogP) is 3.56. The third kappa shape index (κ3) is 10.5. The maximum Gasteiger partial charge on any atom is 0.395 e. The maximum atomic E-state index is 11.5. The lowest BCUT2D eigenvalue weighted by atomic mass is 9.87. The Kier molecular flexibility index (Phi) is 9.94. The molecule has 0 heterocycles. The molecule has 1 aromatic carbocycles. The van der Waals surface area contributed by atoms with Crippen molar-refractivity contribution < 1.29 is 29.2 Å². The number of carbonyl (C=O) groups is 2. The van der Waals surface area contributed by atoms with Crippen molar-refractivity contribution in [2.45, 2.75) is 58.9 Å². The maximum absolute atomic E-state index is 11.5. The van der Waals surface area contributed by atoms with Gasteiger partial charge in [0, 0.05) is 6.42 Å². The van der Waals surface area contributed by atoms with Gasteiger partial charge in [-0.1, -0.05) is 44.6 Å². The summed E-state index contributed by atoms with van der Waals surface area (Å²) in [5.74, 6) is -1.43. The van der Waals surface area contributed by atoms with E-state index in [1.807, 2.05) is 19.1 Å². The van der Waals surface area contributed by atoms with Crippen molar-refractivity contribution in [1.82, 2.24) is 0 Å². The Morgan fingerprint density at radius 1 is 1.24 bits per heavy atom. The molecule has 0 radical (unpaired) electrons. The van der Waals surface area contributed by atoms with E-state index in [9.17, 15) is 14.5 Å². The van der Waals surface area contributed by atoms with E-state index in [1.54, 1.807) is 12.1 Å². The average molecular weight is 371 g/mol. The number of hydrogen-bond acceptors (Lipinski definition) is 5. The van der Waals surface area contributed by atoms with Gasteiger partial charge in [0.15, 0.2) is 11.8 Å². The second-order valence-corrected chi connectivity index (χ2v) is 7.27. The van der Waals surface area contributed by atoms with Crippen LogP contribution in [0.1, 0.15) is 53.0 Å². The van der Waals surface area contributed by atoms with Crippen molar-refractivity contribution in [3.8, 4) is 5.75 Å². The van der Waals surface area contributed by atoms with Gasteiger partial charge in [-0.2, -0.15) is 0 Å². The van der Waals surface area contributed by atoms with Crippen molar-refractivity contribution in [3.63, 3.8) is 0 Å². The largest absolute Gasteiger partial charge is 0.575 e. The molecule has 8 heteroatoms. The lowest BCUT2D eigenvalue weighted by molar-refractivity contribution is -0.169. The Bertz CT molecular complexity index is 592. The summed E-state index contributed by atoms with van der Waals surface area (Å²) in [6.45, 7) is 9.46. The summed E-state index contributed by atoms with van der Waals surface area (Å²) in [6, 6.07) is 6.14. The van der Waals surface area contributed by atoms with E-state index in [-0.39, 0.29) is 5.41 Å². The average Bonchev–Trinajstić information content (AvgIpc) is 2.47. The van der Waals surface area contributed by atoms with E-state index >= 15 is 0 Å². The Morgan fingerprint density at radius 2 is 1.76 bits per heavy atom. The molecule has 140 valence electrons. The summed E-state index contributed by atoms with van der Waals surface area (Å²) in [5.41, 5.74) is 1.16. The van der Waals surface area contributed by atoms with Gasteiger partial charge in [-0.05, 0) is 36.5 Å². The van der Waals surface area contributed by atoms with E-state index in [0.29, 0.717) is 12.2 Å². The highest BCUT2D eigenvalue weighted by atomic mass is 31.1. The molecular weight excluding hydrogens is 345 g/mol. The zero-order valence-corrected chi connectivity index (χ0v) is 16.1. The van der Waals surface area contributed by atoms with Crippen LogP contribution in [-0.4, -0.2) is 28.2 Å². The zero-order chi connectivity index (χ0) is 19.6. The molecule has 0 saturated heterocycles. The Balaban J connectivity index is 0.000000823. The molecule has 1 rings (SSSR count). The van der Waals surface area contributed by atoms with Gasteiger partial charge in [-0.3, -0.25) is 9.32 Å². The van der Waals surface area contributed by atoms with Gasteiger partial charge in [-0.15, -0.1) is 0 Å². The molecule has 0 aliphatic heterocycles. The van der Waals surface area contributed by atoms with Crippen LogP contribution in [0.4, 0.5) is 0 Å². The van der Waals surface area contributed by atoms with Crippen LogP contribution in [0.25, 0.3) is 0 Å². The topological polar surface area (TPSA) is 119 Å². The summed E-state index contributed by atoms with van der Waals surface area (Å²) in [5, 5.41) is 16.6. The highest BCUT2D eigenvalue weighted by Gasteiger charge is 2.16. The van der Waals surface area contributed by atoms with Crippen LogP contribution in [0.15, 0.2) is 29.0 Å². The first kappa shape index (κ1) is 23.0. The van der Waals surface area contributed by atoms with Crippen molar-refractivity contribution in [1.29, 1.82) is 0 Å². The van der Waals surface area contributed by atoms with Gasteiger partial charge in [0.1, 0.15) is 0 Å². The van der Waals surface area contributed by atoms with Crippen LogP contribution in [0.3, 0.4) is 0 Å². The smallest absolute Gasteiger partial charge is 0.395 e. The molecule has 0 bridgehead atoms. The molecule has 0 aliphatic rings. The molecule has 0 aromatic heterocycles. The third-order valence-electron chi connectivity index (χ3n) is 2.99. The molecule has 0 saturated carbocycles. The van der Waals surface area contributed by atoms with Crippen LogP contribution < -0.4 is 9.42 Å². The van der Waals surface area contributed by atoms with E-state index < -0.39 is 26.1 Å². The van der Waals surface area contributed by atoms with Crippen molar-refractivity contribution in [2.75, 3.05) is 0 Å². The van der Waals surface area contributed by atoms with E-state index in [1.165, 1.54) is 6.92 Å². The van der Waals surface area contributed by atoms with Gasteiger partial charge < -0.3 is 15.1 Å². The third-order valence-corrected chi connectivity index (χ3v) is 3.89. The molecule has 0 fully saturated rings. The van der Waals surface area contributed by atoms with E-state index in [2.05, 4.69) is 25.5 Å². The van der Waals surface area contributed by atoms with E-state index in [0.717, 1.165) is 12.0 Å². The molecule has 7 nitrogen and oxygen atoms in total. The minimum absolute atomic E-state index is 0.0307. The number of rotatable bonds is 6. The fraction of sp³-hybridized carbons (Fsp3) is 0.529. The molecular formula is C17H26NO6P. The second kappa shape index (κ2) is 10.8. The molecule has 0 amide bonds. The number of carboxylic acids is 2. The summed E-state index contributed by atoms with van der Waals surface area (Å²) in [6.07, 6.45) is 1.02. The Morgan fingerprint density at radius 3 is 2.08 bits per heavy atom. The first-order valence-electron chi connectivity index (χ1n) is 7.88. The molecule has 0 spiro atoms. The standard InChI is InChI=1S/C13H18NO4P.C4H8O2/c1-9(12(15)16)14-19(17)18-11-7-5-10(6-8-11)13(2,3)4;1-2-3-4(5)6/h5-9H,1-4H3,(H,15,16);2-3H2,1H3,(H,5,6)/t9-;/m0./s1. The van der Waals surface area contributed by atoms with Gasteiger partial charge >= 0.3 is 20.1 Å². The van der Waals surface area contributed by atoms with Gasteiger partial charge in [0.05, 0.1) is 0 Å². The fourth-order valence-electron chi connectivity index (χ4n) is 1.53. The second-order valence-electron chi connectivity index (χ2n) is 6.38. The lowest BCUT2D eigenvalue weighted by Gasteiger charge is -2.18. The summed E-state index contributed by atoms with van der Waals surface area (Å²) in [4.78, 5) is 31.7.